The van der Waals surface area contributed by atoms with E-state index in [2.05, 4.69) is 41.4 Å². The normalized spacial score (nSPS) is 17.2. The molecule has 17 nitrogen and oxygen atoms in total. The first-order chi connectivity index (χ1) is 29.1. The highest BCUT2D eigenvalue weighted by atomic mass is 35.5. The Morgan fingerprint density at radius 3 is 2.37 bits per heavy atom. The van der Waals surface area contributed by atoms with E-state index in [9.17, 15) is 28.8 Å². The number of aromatic nitrogens is 5. The van der Waals surface area contributed by atoms with Gasteiger partial charge in [-0.1, -0.05) is 66.2 Å². The number of anilines is 1. The van der Waals surface area contributed by atoms with Gasteiger partial charge in [-0.2, -0.15) is 5.10 Å². The summed E-state index contributed by atoms with van der Waals surface area (Å²) < 4.78 is 7.84. The molecule has 6 amide bonds. The van der Waals surface area contributed by atoms with Crippen molar-refractivity contribution >= 4 is 64.3 Å². The highest BCUT2D eigenvalue weighted by Gasteiger charge is 2.46. The topological polar surface area (TPSA) is 214 Å². The third-order valence-corrected chi connectivity index (χ3v) is 11.6. The Labute approximate surface area is 355 Å². The van der Waals surface area contributed by atoms with Gasteiger partial charge in [0, 0.05) is 51.3 Å². The number of ether oxygens (including phenoxy) is 1. The highest BCUT2D eigenvalue weighted by molar-refractivity contribution is 6.40. The lowest BCUT2D eigenvalue weighted by Gasteiger charge is -2.32. The summed E-state index contributed by atoms with van der Waals surface area (Å²) >= 11 is 12.3. The van der Waals surface area contributed by atoms with Crippen molar-refractivity contribution < 1.29 is 33.5 Å². The van der Waals surface area contributed by atoms with Crippen LogP contribution >= 0.6 is 23.2 Å². The van der Waals surface area contributed by atoms with E-state index in [0.29, 0.717) is 12.4 Å². The van der Waals surface area contributed by atoms with E-state index in [-0.39, 0.29) is 62.9 Å². The molecule has 0 bridgehead atoms. The first kappa shape index (κ1) is 42.5. The highest BCUT2D eigenvalue weighted by Crippen LogP contribution is 2.34. The molecule has 2 saturated heterocycles. The van der Waals surface area contributed by atoms with Crippen LogP contribution in [-0.4, -0.2) is 109 Å². The summed E-state index contributed by atoms with van der Waals surface area (Å²) in [7, 11) is 0. The first-order valence-corrected chi connectivity index (χ1v) is 21.0. The minimum absolute atomic E-state index is 0.0235. The second kappa shape index (κ2) is 19.6. The van der Waals surface area contributed by atoms with Gasteiger partial charge in [-0.3, -0.25) is 48.8 Å². The number of aryl methyl sites for hydroxylation is 1. The van der Waals surface area contributed by atoms with Crippen molar-refractivity contribution in [3.8, 4) is 5.75 Å². The van der Waals surface area contributed by atoms with E-state index >= 15 is 0 Å². The van der Waals surface area contributed by atoms with Crippen molar-refractivity contribution in [3.05, 3.63) is 86.9 Å². The number of aromatic amines is 1. The van der Waals surface area contributed by atoms with Gasteiger partial charge in [-0.05, 0) is 56.4 Å². The van der Waals surface area contributed by atoms with Crippen molar-refractivity contribution in [2.75, 3.05) is 31.6 Å². The molecule has 2 aromatic heterocycles. The quantitative estimate of drug-likeness (QED) is 0.0787. The number of unbranched alkanes of at least 4 members (excludes halogenated alkanes) is 5. The van der Waals surface area contributed by atoms with E-state index in [1.165, 1.54) is 6.20 Å². The summed E-state index contributed by atoms with van der Waals surface area (Å²) in [5.74, 6) is -2.75. The zero-order valence-corrected chi connectivity index (χ0v) is 34.4. The van der Waals surface area contributed by atoms with E-state index in [4.69, 9.17) is 27.9 Å². The van der Waals surface area contributed by atoms with Crippen LogP contribution < -0.4 is 20.7 Å². The van der Waals surface area contributed by atoms with Gasteiger partial charge in [0.1, 0.15) is 17.5 Å². The van der Waals surface area contributed by atoms with Gasteiger partial charge in [-0.15, -0.1) is 5.10 Å². The zero-order valence-electron chi connectivity index (χ0n) is 32.9. The molecule has 0 spiro atoms. The average molecular weight is 862 g/mol. The molecule has 4 N–H and O–H groups in total. The number of carbonyl (C=O) groups excluding carboxylic acids is 6. The van der Waals surface area contributed by atoms with Gasteiger partial charge in [0.25, 0.3) is 23.6 Å². The lowest BCUT2D eigenvalue weighted by molar-refractivity contribution is -0.136. The second-order valence-electron chi connectivity index (χ2n) is 15.1. The smallest absolute Gasteiger partial charge is 0.271 e. The minimum Gasteiger partial charge on any atom is -0.493 e. The Morgan fingerprint density at radius 2 is 1.60 bits per heavy atom. The summed E-state index contributed by atoms with van der Waals surface area (Å²) in [6.45, 7) is 3.67. The van der Waals surface area contributed by atoms with Crippen LogP contribution in [-0.2, 0) is 22.6 Å². The number of fused-ring (bicyclic) bond motifs is 1. The van der Waals surface area contributed by atoms with Crippen molar-refractivity contribution in [1.29, 1.82) is 0 Å². The Balaban J connectivity index is 0.742. The van der Waals surface area contributed by atoms with Crippen molar-refractivity contribution in [3.63, 3.8) is 0 Å². The molecule has 0 radical (unpaired) electrons. The number of carbonyl (C=O) groups is 6. The van der Waals surface area contributed by atoms with Crippen molar-refractivity contribution in [2.24, 2.45) is 0 Å². The molecule has 1 atom stereocenters. The van der Waals surface area contributed by atoms with Crippen molar-refractivity contribution in [2.45, 2.75) is 89.3 Å². The standard InChI is InChI=1S/C41H46Cl2N10O7/c42-28-10-8-11-29(43)35(28)38(56)46-30-23-44-49-36(30)39(57)45-25-15-19-51(20-16-25)21-17-26-24-52(50-48-26)18-5-3-1-2-4-6-22-60-32-12-7-9-27-34(32)41(59)53(40(27)58)31-13-14-33(54)47-37(31)55/h7-12,23-25,31H,1-6,13-22H2,(H,44,49)(H,45,57)(H,46,56)(H,47,54,55). The Kier molecular flexibility index (Phi) is 13.9. The number of hydrogen-bond acceptors (Lipinski definition) is 11. The molecule has 2 fully saturated rings. The van der Waals surface area contributed by atoms with Gasteiger partial charge in [0.15, 0.2) is 0 Å². The average Bonchev–Trinajstić information content (AvgIpc) is 3.95. The minimum atomic E-state index is -1.02. The van der Waals surface area contributed by atoms with E-state index < -0.39 is 35.6 Å². The SMILES string of the molecule is O=C1CCC(N2C(=O)c3cccc(OCCCCCCCCn4cc(CCN5CCC(NC(=O)c6[nH]ncc6NC(=O)c6c(Cl)cccc6Cl)CC5)nn4)c3C2=O)C(=O)N1. The van der Waals surface area contributed by atoms with Crippen LogP contribution in [0.1, 0.15) is 111 Å². The molecular formula is C41H46Cl2N10O7. The van der Waals surface area contributed by atoms with Gasteiger partial charge in [0.05, 0.1) is 50.9 Å². The number of nitrogens with one attached hydrogen (secondary N) is 4. The molecule has 60 heavy (non-hydrogen) atoms. The lowest BCUT2D eigenvalue weighted by Crippen LogP contribution is -2.54. The molecule has 1 unspecified atom stereocenters. The third kappa shape index (κ3) is 10.0. The van der Waals surface area contributed by atoms with Gasteiger partial charge in [-0.25, -0.2) is 0 Å². The fraction of sp³-hybridized carbons (Fsp3) is 0.439. The number of amides is 6. The fourth-order valence-electron chi connectivity index (χ4n) is 7.72. The van der Waals surface area contributed by atoms with Gasteiger partial charge in [0.2, 0.25) is 11.8 Å². The number of H-pyrrole nitrogens is 1. The molecule has 3 aliphatic rings. The predicted octanol–water partition coefficient (Wildman–Crippen LogP) is 4.82. The number of rotatable bonds is 18. The van der Waals surface area contributed by atoms with Crippen LogP contribution in [0.5, 0.6) is 5.75 Å². The number of halogens is 2. The third-order valence-electron chi connectivity index (χ3n) is 11.0. The molecule has 0 aliphatic carbocycles. The van der Waals surface area contributed by atoms with E-state index in [0.717, 1.165) is 94.6 Å². The number of likely N-dealkylation sites (tertiary alicyclic amines) is 1. The van der Waals surface area contributed by atoms with Gasteiger partial charge < -0.3 is 20.3 Å². The predicted molar refractivity (Wildman–Crippen MR) is 220 cm³/mol. The molecule has 316 valence electrons. The molecule has 4 aromatic rings. The Morgan fingerprint density at radius 1 is 0.867 bits per heavy atom. The first-order valence-electron chi connectivity index (χ1n) is 20.3. The maximum absolute atomic E-state index is 13.2. The van der Waals surface area contributed by atoms with Crippen LogP contribution in [0.25, 0.3) is 0 Å². The molecule has 3 aliphatic heterocycles. The lowest BCUT2D eigenvalue weighted by atomic mass is 10.0. The number of nitrogens with zero attached hydrogens (tertiary/aromatic N) is 6. The summed E-state index contributed by atoms with van der Waals surface area (Å²) in [4.78, 5) is 79.5. The zero-order chi connectivity index (χ0) is 42.2. The Hall–Kier alpha value is -5.65. The molecule has 2 aromatic carbocycles. The van der Waals surface area contributed by atoms with Crippen LogP contribution in [0, 0.1) is 0 Å². The summed E-state index contributed by atoms with van der Waals surface area (Å²) in [5.41, 5.74) is 1.81. The van der Waals surface area contributed by atoms with Crippen LogP contribution in [0.4, 0.5) is 5.69 Å². The van der Waals surface area contributed by atoms with Crippen LogP contribution in [0.15, 0.2) is 48.8 Å². The largest absolute Gasteiger partial charge is 0.493 e. The molecular weight excluding hydrogens is 815 g/mol. The Bertz CT molecular complexity index is 2230. The van der Waals surface area contributed by atoms with E-state index in [1.54, 1.807) is 36.4 Å². The molecule has 0 saturated carbocycles. The van der Waals surface area contributed by atoms with Crippen LogP contribution in [0.2, 0.25) is 10.0 Å². The number of hydrogen-bond donors (Lipinski definition) is 4. The van der Waals surface area contributed by atoms with Gasteiger partial charge >= 0.3 is 0 Å². The number of benzene rings is 2. The maximum Gasteiger partial charge on any atom is 0.271 e. The molecule has 7 rings (SSSR count). The summed E-state index contributed by atoms with van der Waals surface area (Å²) in [5, 5.41) is 23.7. The fourth-order valence-corrected chi connectivity index (χ4v) is 8.29. The van der Waals surface area contributed by atoms with Crippen molar-refractivity contribution in [1.82, 2.24) is 45.6 Å². The van der Waals surface area contributed by atoms with Crippen LogP contribution in [0.3, 0.4) is 0 Å². The molecule has 5 heterocycles. The monoisotopic (exact) mass is 860 g/mol. The maximum atomic E-state index is 13.2. The van der Waals surface area contributed by atoms with E-state index in [1.807, 2.05) is 10.9 Å². The number of imide groups is 2. The molecule has 19 heteroatoms. The summed E-state index contributed by atoms with van der Waals surface area (Å²) in [6.07, 6.45) is 11.7. The second-order valence-corrected chi connectivity index (χ2v) is 15.9. The number of piperidine rings is 2. The summed E-state index contributed by atoms with van der Waals surface area (Å²) in [6, 6.07) is 8.61.